The molecule has 19 heteroatoms. The molecule has 0 bridgehead atoms. The predicted molar refractivity (Wildman–Crippen MR) is 423 cm³/mol. The molecule has 0 spiro atoms. The van der Waals surface area contributed by atoms with Crippen molar-refractivity contribution < 1.29 is 80.2 Å². The van der Waals surface area contributed by atoms with E-state index in [1.807, 2.05) is 0 Å². The molecule has 0 heterocycles. The highest BCUT2D eigenvalue weighted by molar-refractivity contribution is 7.47. The van der Waals surface area contributed by atoms with Crippen molar-refractivity contribution in [2.75, 3.05) is 39.6 Å². The van der Waals surface area contributed by atoms with Crippen LogP contribution in [0.4, 0.5) is 0 Å². The van der Waals surface area contributed by atoms with Gasteiger partial charge in [0.2, 0.25) is 0 Å². The van der Waals surface area contributed by atoms with Gasteiger partial charge in [-0.15, -0.1) is 0 Å². The van der Waals surface area contributed by atoms with Gasteiger partial charge in [-0.2, -0.15) is 0 Å². The first kappa shape index (κ1) is 101. The van der Waals surface area contributed by atoms with E-state index >= 15 is 0 Å². The van der Waals surface area contributed by atoms with Gasteiger partial charge in [0.05, 0.1) is 26.4 Å². The zero-order valence-electron chi connectivity index (χ0n) is 68.0. The van der Waals surface area contributed by atoms with Gasteiger partial charge in [-0.1, -0.05) is 383 Å². The lowest BCUT2D eigenvalue weighted by Gasteiger charge is -2.21. The summed E-state index contributed by atoms with van der Waals surface area (Å²) in [6, 6.07) is 0. The van der Waals surface area contributed by atoms with Crippen molar-refractivity contribution in [3.63, 3.8) is 0 Å². The van der Waals surface area contributed by atoms with E-state index < -0.39 is 97.5 Å². The summed E-state index contributed by atoms with van der Waals surface area (Å²) in [4.78, 5) is 73.1. The van der Waals surface area contributed by atoms with Gasteiger partial charge in [-0.05, 0) is 49.4 Å². The fraction of sp³-hybridized carbons (Fsp3) is 0.952. The van der Waals surface area contributed by atoms with Gasteiger partial charge >= 0.3 is 39.5 Å². The Kier molecular flexibility index (Phi) is 71.5. The zero-order chi connectivity index (χ0) is 76.0. The molecule has 0 aromatic rings. The Bertz CT molecular complexity index is 2010. The Morgan fingerprint density at radius 3 is 0.689 bits per heavy atom. The third-order valence-electron chi connectivity index (χ3n) is 19.9. The number of aliphatic hydroxyl groups is 1. The molecule has 3 unspecified atom stereocenters. The average molecular weight is 1510 g/mol. The van der Waals surface area contributed by atoms with Crippen molar-refractivity contribution >= 4 is 39.5 Å². The highest BCUT2D eigenvalue weighted by atomic mass is 31.2. The second-order valence-corrected chi connectivity index (χ2v) is 34.8. The minimum Gasteiger partial charge on any atom is -0.462 e. The highest BCUT2D eigenvalue weighted by Crippen LogP contribution is 2.45. The van der Waals surface area contributed by atoms with Gasteiger partial charge in [-0.25, -0.2) is 9.13 Å². The Morgan fingerprint density at radius 2 is 0.466 bits per heavy atom. The van der Waals surface area contributed by atoms with Gasteiger partial charge in [0.25, 0.3) is 0 Å². The molecule has 6 atom stereocenters. The maximum absolute atomic E-state index is 13.1. The molecule has 0 aromatic carbocycles. The van der Waals surface area contributed by atoms with Gasteiger partial charge < -0.3 is 33.8 Å². The van der Waals surface area contributed by atoms with Crippen LogP contribution in [0.5, 0.6) is 0 Å². The van der Waals surface area contributed by atoms with E-state index in [2.05, 4.69) is 55.4 Å². The monoisotopic (exact) mass is 1510 g/mol. The van der Waals surface area contributed by atoms with Crippen molar-refractivity contribution in [1.82, 2.24) is 0 Å². The third kappa shape index (κ3) is 76.6. The lowest BCUT2D eigenvalue weighted by Crippen LogP contribution is -2.30. The summed E-state index contributed by atoms with van der Waals surface area (Å²) in [5.41, 5.74) is 0. The van der Waals surface area contributed by atoms with Gasteiger partial charge in [0.15, 0.2) is 12.2 Å². The second-order valence-electron chi connectivity index (χ2n) is 31.9. The highest BCUT2D eigenvalue weighted by Gasteiger charge is 2.30. The number of hydrogen-bond donors (Lipinski definition) is 3. The van der Waals surface area contributed by atoms with Gasteiger partial charge in [0, 0.05) is 25.7 Å². The quantitative estimate of drug-likeness (QED) is 0.0222. The summed E-state index contributed by atoms with van der Waals surface area (Å²) in [5.74, 6) is 1.04. The number of phosphoric ester groups is 2. The van der Waals surface area contributed by atoms with E-state index in [-0.39, 0.29) is 25.7 Å². The van der Waals surface area contributed by atoms with E-state index in [9.17, 15) is 43.2 Å². The minimum atomic E-state index is -4.97. The molecule has 3 N–H and O–H groups in total. The standard InChI is InChI=1S/C84H164O17P2/c1-9-77(8)63-55-47-39-30-24-18-14-12-10-11-13-15-19-26-32-42-50-58-66-83(88)100-79(70-94-81(86)64-56-48-40-31-25-20-16-17-22-28-36-44-52-60-74(2)3)72-98-102(90,91)96-68-78(85)69-97-103(92,93)99-73-80(71-95-82(87)65-57-49-41-35-34-38-46-54-62-76(6)7)101-84(89)67-59-51-43-33-27-21-23-29-37-45-53-61-75(4)5/h74-80,85H,9-73H2,1-8H3,(H,90,91)(H,92,93)/t77?,78-,79-,80-/m1/s1. The number of esters is 4. The summed E-state index contributed by atoms with van der Waals surface area (Å²) in [5, 5.41) is 10.7. The van der Waals surface area contributed by atoms with Gasteiger partial charge in [0.1, 0.15) is 19.3 Å². The first-order valence-corrected chi connectivity index (χ1v) is 46.2. The number of unbranched alkanes of at least 4 members (excludes halogenated alkanes) is 46. The van der Waals surface area contributed by atoms with Crippen LogP contribution in [-0.2, 0) is 65.4 Å². The summed E-state index contributed by atoms with van der Waals surface area (Å²) in [6.45, 7) is 14.3. The van der Waals surface area contributed by atoms with Crippen LogP contribution < -0.4 is 0 Å². The molecular formula is C84H164O17P2. The van der Waals surface area contributed by atoms with Crippen LogP contribution in [0.15, 0.2) is 0 Å². The molecule has 0 fully saturated rings. The van der Waals surface area contributed by atoms with Crippen molar-refractivity contribution in [3.8, 4) is 0 Å². The van der Waals surface area contributed by atoms with Crippen LogP contribution in [0.2, 0.25) is 0 Å². The molecule has 0 amide bonds. The number of rotatable bonds is 81. The molecule has 0 aliphatic rings. The van der Waals surface area contributed by atoms with Crippen LogP contribution in [0.1, 0.15) is 434 Å². The van der Waals surface area contributed by atoms with E-state index in [1.165, 1.54) is 238 Å². The Balaban J connectivity index is 5.23. The normalized spacial score (nSPS) is 14.2. The van der Waals surface area contributed by atoms with E-state index in [0.717, 1.165) is 114 Å². The fourth-order valence-electron chi connectivity index (χ4n) is 12.9. The largest absolute Gasteiger partial charge is 0.472 e. The first-order chi connectivity index (χ1) is 49.6. The molecule has 0 aromatic heterocycles. The predicted octanol–water partition coefficient (Wildman–Crippen LogP) is 25.2. The Labute approximate surface area is 632 Å². The van der Waals surface area contributed by atoms with E-state index in [4.69, 9.17) is 37.0 Å². The molecule has 0 saturated heterocycles. The molecule has 0 aliphatic carbocycles. The van der Waals surface area contributed by atoms with Crippen molar-refractivity contribution in [2.24, 2.45) is 23.7 Å². The molecule has 0 radical (unpaired) electrons. The number of phosphoric acid groups is 2. The number of carbonyl (C=O) groups excluding carboxylic acids is 4. The lowest BCUT2D eigenvalue weighted by atomic mass is 9.99. The van der Waals surface area contributed by atoms with Gasteiger partial charge in [-0.3, -0.25) is 37.3 Å². The topological polar surface area (TPSA) is 237 Å². The summed E-state index contributed by atoms with van der Waals surface area (Å²) >= 11 is 0. The van der Waals surface area contributed by atoms with Crippen LogP contribution in [0.3, 0.4) is 0 Å². The van der Waals surface area contributed by atoms with Crippen LogP contribution in [0, 0.1) is 23.7 Å². The fourth-order valence-corrected chi connectivity index (χ4v) is 14.5. The summed E-state index contributed by atoms with van der Waals surface area (Å²) in [6.07, 6.45) is 61.1. The van der Waals surface area contributed by atoms with Crippen molar-refractivity contribution in [1.29, 1.82) is 0 Å². The summed E-state index contributed by atoms with van der Waals surface area (Å²) < 4.78 is 68.8. The number of hydrogen-bond acceptors (Lipinski definition) is 15. The van der Waals surface area contributed by atoms with Crippen LogP contribution >= 0.6 is 15.6 Å². The number of aliphatic hydroxyl groups excluding tert-OH is 1. The van der Waals surface area contributed by atoms with Crippen LogP contribution in [0.25, 0.3) is 0 Å². The third-order valence-corrected chi connectivity index (χ3v) is 21.8. The molecule has 0 saturated carbocycles. The summed E-state index contributed by atoms with van der Waals surface area (Å²) in [7, 11) is -9.93. The molecule has 0 aliphatic heterocycles. The van der Waals surface area contributed by atoms with Crippen LogP contribution in [-0.4, -0.2) is 96.7 Å². The SMILES string of the molecule is CCC(C)CCCCCCCCCCCCCCCCCCCCC(=O)O[C@H](COC(=O)CCCCCCCCCCCCCCCC(C)C)COP(=O)(O)OC[C@@H](O)COP(=O)(O)OC[C@@H](COC(=O)CCCCCCCCCCC(C)C)OC(=O)CCCCCCCCCCCCCC(C)C. The molecule has 612 valence electrons. The lowest BCUT2D eigenvalue weighted by molar-refractivity contribution is -0.161. The Morgan fingerprint density at radius 1 is 0.272 bits per heavy atom. The van der Waals surface area contributed by atoms with E-state index in [0.29, 0.717) is 25.7 Å². The average Bonchev–Trinajstić information content (AvgIpc) is 0.926. The number of carbonyl (C=O) groups is 4. The molecular weight excluding hydrogens is 1340 g/mol. The maximum atomic E-state index is 13.1. The molecule has 0 rings (SSSR count). The van der Waals surface area contributed by atoms with E-state index in [1.54, 1.807) is 0 Å². The van der Waals surface area contributed by atoms with Crippen molar-refractivity contribution in [3.05, 3.63) is 0 Å². The molecule has 17 nitrogen and oxygen atoms in total. The number of ether oxygens (including phenoxy) is 4. The zero-order valence-corrected chi connectivity index (χ0v) is 69.7. The Hall–Kier alpha value is -1.94. The minimum absolute atomic E-state index is 0.106. The smallest absolute Gasteiger partial charge is 0.462 e. The molecule has 103 heavy (non-hydrogen) atoms. The van der Waals surface area contributed by atoms with Crippen molar-refractivity contribution in [2.45, 2.75) is 453 Å². The second kappa shape index (κ2) is 72.9. The first-order valence-electron chi connectivity index (χ1n) is 43.2. The maximum Gasteiger partial charge on any atom is 0.472 e.